The number of aldehydes is 1. The van der Waals surface area contributed by atoms with E-state index in [-0.39, 0.29) is 5.57 Å². The molecule has 4 heteroatoms. The van der Waals surface area contributed by atoms with Crippen LogP contribution < -0.4 is 5.32 Å². The predicted octanol–water partition coefficient (Wildman–Crippen LogP) is 2.30. The Morgan fingerprint density at radius 3 is 2.42 bits per heavy atom. The monoisotopic (exact) mass is 252 g/mol. The lowest BCUT2D eigenvalue weighted by Crippen LogP contribution is -2.15. The number of hydrogen-bond donors (Lipinski definition) is 1. The van der Waals surface area contributed by atoms with Gasteiger partial charge in [-0.3, -0.25) is 9.59 Å². The van der Waals surface area contributed by atoms with E-state index in [0.717, 1.165) is 5.56 Å². The van der Waals surface area contributed by atoms with Crippen molar-refractivity contribution >= 4 is 24.1 Å². The number of rotatable bonds is 4. The first-order chi connectivity index (χ1) is 9.29. The molecule has 0 saturated heterocycles. The van der Waals surface area contributed by atoms with Crippen molar-refractivity contribution in [2.24, 2.45) is 0 Å². The highest BCUT2D eigenvalue weighted by Crippen LogP contribution is 2.08. The van der Waals surface area contributed by atoms with Gasteiger partial charge in [-0.25, -0.2) is 4.98 Å². The number of carbonyl (C=O) groups is 2. The van der Waals surface area contributed by atoms with Crippen LogP contribution in [-0.4, -0.2) is 17.2 Å². The molecule has 0 bridgehead atoms. The van der Waals surface area contributed by atoms with Gasteiger partial charge in [-0.05, 0) is 23.8 Å². The molecule has 2 aromatic rings. The summed E-state index contributed by atoms with van der Waals surface area (Å²) in [5, 5.41) is 2.56. The number of anilines is 1. The van der Waals surface area contributed by atoms with E-state index in [2.05, 4.69) is 10.3 Å². The van der Waals surface area contributed by atoms with E-state index in [1.807, 2.05) is 30.3 Å². The van der Waals surface area contributed by atoms with E-state index in [1.165, 1.54) is 6.08 Å². The zero-order chi connectivity index (χ0) is 13.5. The molecule has 1 aromatic carbocycles. The Bertz CT molecular complexity index is 592. The molecule has 2 rings (SSSR count). The first-order valence-corrected chi connectivity index (χ1v) is 5.74. The van der Waals surface area contributed by atoms with Crippen molar-refractivity contribution in [2.75, 3.05) is 5.32 Å². The van der Waals surface area contributed by atoms with Gasteiger partial charge < -0.3 is 5.32 Å². The van der Waals surface area contributed by atoms with Crippen molar-refractivity contribution in [1.82, 2.24) is 4.98 Å². The largest absolute Gasteiger partial charge is 0.306 e. The van der Waals surface area contributed by atoms with Gasteiger partial charge in [0, 0.05) is 6.20 Å². The van der Waals surface area contributed by atoms with Gasteiger partial charge >= 0.3 is 0 Å². The predicted molar refractivity (Wildman–Crippen MR) is 73.3 cm³/mol. The third kappa shape index (κ3) is 3.61. The summed E-state index contributed by atoms with van der Waals surface area (Å²) in [5.74, 6) is -0.0640. The van der Waals surface area contributed by atoms with Gasteiger partial charge in [-0.2, -0.15) is 0 Å². The lowest BCUT2D eigenvalue weighted by atomic mass is 10.1. The highest BCUT2D eigenvalue weighted by Gasteiger charge is 2.09. The van der Waals surface area contributed by atoms with Crippen LogP contribution in [0.25, 0.3) is 6.08 Å². The van der Waals surface area contributed by atoms with Gasteiger partial charge in [0.1, 0.15) is 5.82 Å². The molecule has 94 valence electrons. The standard InChI is InChI=1S/C15H12N2O2/c18-11-13(10-12-6-2-1-3-7-12)15(19)17-14-8-4-5-9-16-14/h1-11H,(H,16,17,19). The molecule has 0 aliphatic rings. The van der Waals surface area contributed by atoms with E-state index in [1.54, 1.807) is 24.4 Å². The summed E-state index contributed by atoms with van der Waals surface area (Å²) >= 11 is 0. The second kappa shape index (κ2) is 6.26. The van der Waals surface area contributed by atoms with Gasteiger partial charge in [0.15, 0.2) is 6.29 Å². The summed E-state index contributed by atoms with van der Waals surface area (Å²) in [6.07, 6.45) is 3.63. The summed E-state index contributed by atoms with van der Waals surface area (Å²) < 4.78 is 0. The third-order valence-corrected chi connectivity index (χ3v) is 2.42. The van der Waals surface area contributed by atoms with Gasteiger partial charge in [-0.15, -0.1) is 0 Å². The molecule has 0 saturated carbocycles. The van der Waals surface area contributed by atoms with Crippen LogP contribution in [0.1, 0.15) is 5.56 Å². The van der Waals surface area contributed by atoms with Gasteiger partial charge in [0.05, 0.1) is 5.57 Å². The van der Waals surface area contributed by atoms with Crippen molar-refractivity contribution in [3.8, 4) is 0 Å². The number of nitrogens with zero attached hydrogens (tertiary/aromatic N) is 1. The van der Waals surface area contributed by atoms with Crippen molar-refractivity contribution in [3.05, 3.63) is 65.9 Å². The highest BCUT2D eigenvalue weighted by molar-refractivity contribution is 6.19. The van der Waals surface area contributed by atoms with Crippen molar-refractivity contribution in [3.63, 3.8) is 0 Å². The maximum atomic E-state index is 11.9. The molecule has 0 aliphatic heterocycles. The number of carbonyl (C=O) groups excluding carboxylic acids is 2. The second-order valence-electron chi connectivity index (χ2n) is 3.80. The van der Waals surface area contributed by atoms with Crippen LogP contribution in [0.3, 0.4) is 0 Å². The Balaban J connectivity index is 2.16. The third-order valence-electron chi connectivity index (χ3n) is 2.42. The molecule has 0 aliphatic carbocycles. The number of hydrogen-bond acceptors (Lipinski definition) is 3. The van der Waals surface area contributed by atoms with E-state index < -0.39 is 5.91 Å². The molecule has 1 aromatic heterocycles. The molecule has 0 unspecified atom stereocenters. The molecule has 0 spiro atoms. The maximum Gasteiger partial charge on any atom is 0.260 e. The second-order valence-corrected chi connectivity index (χ2v) is 3.80. The highest BCUT2D eigenvalue weighted by atomic mass is 16.2. The number of pyridine rings is 1. The smallest absolute Gasteiger partial charge is 0.260 e. The zero-order valence-corrected chi connectivity index (χ0v) is 10.1. The fourth-order valence-corrected chi connectivity index (χ4v) is 1.51. The van der Waals surface area contributed by atoms with E-state index >= 15 is 0 Å². The Labute approximate surface area is 110 Å². The molecular formula is C15H12N2O2. The van der Waals surface area contributed by atoms with Crippen LogP contribution in [0.5, 0.6) is 0 Å². The van der Waals surface area contributed by atoms with E-state index in [0.29, 0.717) is 12.1 Å². The van der Waals surface area contributed by atoms with Crippen molar-refractivity contribution < 1.29 is 9.59 Å². The zero-order valence-electron chi connectivity index (χ0n) is 10.1. The lowest BCUT2D eigenvalue weighted by molar-refractivity contribution is -0.115. The topological polar surface area (TPSA) is 59.1 Å². The van der Waals surface area contributed by atoms with Crippen LogP contribution in [0.15, 0.2) is 60.3 Å². The Hall–Kier alpha value is -2.75. The van der Waals surface area contributed by atoms with Crippen LogP contribution in [0.2, 0.25) is 0 Å². The molecule has 1 amide bonds. The van der Waals surface area contributed by atoms with Gasteiger partial charge in [0.2, 0.25) is 0 Å². The number of nitrogens with one attached hydrogen (secondary N) is 1. The van der Waals surface area contributed by atoms with Crippen LogP contribution in [0.4, 0.5) is 5.82 Å². The molecule has 0 atom stereocenters. The lowest BCUT2D eigenvalue weighted by Gasteiger charge is -2.03. The normalized spacial score (nSPS) is 10.8. The summed E-state index contributed by atoms with van der Waals surface area (Å²) in [7, 11) is 0. The minimum absolute atomic E-state index is 0.0526. The Kier molecular flexibility index (Phi) is 4.18. The molecule has 1 heterocycles. The summed E-state index contributed by atoms with van der Waals surface area (Å²) in [5.41, 5.74) is 0.845. The first-order valence-electron chi connectivity index (χ1n) is 5.74. The van der Waals surface area contributed by atoms with Gasteiger partial charge in [0.25, 0.3) is 5.91 Å². The Morgan fingerprint density at radius 2 is 1.79 bits per heavy atom. The maximum absolute atomic E-state index is 11.9. The minimum atomic E-state index is -0.474. The minimum Gasteiger partial charge on any atom is -0.306 e. The fourth-order valence-electron chi connectivity index (χ4n) is 1.51. The number of aromatic nitrogens is 1. The van der Waals surface area contributed by atoms with E-state index in [9.17, 15) is 9.59 Å². The van der Waals surface area contributed by atoms with Crippen molar-refractivity contribution in [1.29, 1.82) is 0 Å². The summed E-state index contributed by atoms with van der Waals surface area (Å²) in [6.45, 7) is 0. The fraction of sp³-hybridized carbons (Fsp3) is 0. The van der Waals surface area contributed by atoms with Gasteiger partial charge in [-0.1, -0.05) is 36.4 Å². The Morgan fingerprint density at radius 1 is 1.05 bits per heavy atom. The van der Waals surface area contributed by atoms with E-state index in [4.69, 9.17) is 0 Å². The molecule has 0 radical (unpaired) electrons. The van der Waals surface area contributed by atoms with Crippen LogP contribution in [-0.2, 0) is 9.59 Å². The SMILES string of the molecule is O=CC(=Cc1ccccc1)C(=O)Nc1ccccn1. The summed E-state index contributed by atoms with van der Waals surface area (Å²) in [4.78, 5) is 26.9. The molecule has 4 nitrogen and oxygen atoms in total. The molecule has 0 fully saturated rings. The first kappa shape index (κ1) is 12.7. The molecule has 1 N–H and O–H groups in total. The van der Waals surface area contributed by atoms with Crippen molar-refractivity contribution in [2.45, 2.75) is 0 Å². The molecular weight excluding hydrogens is 240 g/mol. The van der Waals surface area contributed by atoms with Crippen LogP contribution >= 0.6 is 0 Å². The number of amides is 1. The summed E-state index contributed by atoms with van der Waals surface area (Å²) in [6, 6.07) is 14.3. The van der Waals surface area contributed by atoms with Crippen LogP contribution in [0, 0.1) is 0 Å². The molecule has 19 heavy (non-hydrogen) atoms. The average molecular weight is 252 g/mol. The number of benzene rings is 1. The quantitative estimate of drug-likeness (QED) is 0.393. The average Bonchev–Trinajstić information content (AvgIpc) is 2.47.